The topological polar surface area (TPSA) is 44.5 Å². The van der Waals surface area contributed by atoms with E-state index in [2.05, 4.69) is 0 Å². The maximum atomic E-state index is 13.3. The molecule has 0 saturated heterocycles. The molecule has 0 amide bonds. The highest BCUT2D eigenvalue weighted by Crippen LogP contribution is 2.42. The van der Waals surface area contributed by atoms with Gasteiger partial charge in [0.1, 0.15) is 0 Å². The molecule has 1 aromatic rings. The number of rotatable bonds is 2. The van der Waals surface area contributed by atoms with Crippen molar-refractivity contribution in [1.82, 2.24) is 0 Å². The number of ether oxygens (including phenoxy) is 2. The van der Waals surface area contributed by atoms with Crippen molar-refractivity contribution in [3.63, 3.8) is 0 Å². The third kappa shape index (κ3) is 1.72. The molecule has 0 unspecified atom stereocenters. The standard InChI is InChI=1S/C9H8ClF2NO2/c10-6-2-8-7(14-4-15-8)1-5(6)9(11,12)3-13/h1-2H,3-4,13H2. The van der Waals surface area contributed by atoms with Gasteiger partial charge < -0.3 is 15.2 Å². The summed E-state index contributed by atoms with van der Waals surface area (Å²) >= 11 is 5.70. The predicted molar refractivity (Wildman–Crippen MR) is 50.5 cm³/mol. The van der Waals surface area contributed by atoms with Crippen LogP contribution in [0, 0.1) is 0 Å². The molecule has 0 bridgehead atoms. The summed E-state index contributed by atoms with van der Waals surface area (Å²) in [5.74, 6) is -2.52. The van der Waals surface area contributed by atoms with Crippen LogP contribution < -0.4 is 15.2 Å². The highest BCUT2D eigenvalue weighted by molar-refractivity contribution is 6.31. The Balaban J connectivity index is 2.49. The third-order valence-electron chi connectivity index (χ3n) is 2.11. The fourth-order valence-corrected chi connectivity index (χ4v) is 1.60. The summed E-state index contributed by atoms with van der Waals surface area (Å²) in [5, 5.41) is -0.0744. The molecule has 1 heterocycles. The first-order valence-electron chi connectivity index (χ1n) is 4.22. The minimum absolute atomic E-state index is 0.0172. The summed E-state index contributed by atoms with van der Waals surface area (Å²) < 4.78 is 36.6. The van der Waals surface area contributed by atoms with Gasteiger partial charge in [-0.05, 0) is 6.07 Å². The van der Waals surface area contributed by atoms with Crippen molar-refractivity contribution < 1.29 is 18.3 Å². The first kappa shape index (κ1) is 10.4. The van der Waals surface area contributed by atoms with E-state index in [1.165, 1.54) is 6.07 Å². The predicted octanol–water partition coefficient (Wildman–Crippen LogP) is 2.12. The number of nitrogens with two attached hydrogens (primary N) is 1. The van der Waals surface area contributed by atoms with Crippen LogP contribution in [0.1, 0.15) is 5.56 Å². The maximum Gasteiger partial charge on any atom is 0.286 e. The van der Waals surface area contributed by atoms with Crippen molar-refractivity contribution in [1.29, 1.82) is 0 Å². The zero-order valence-electron chi connectivity index (χ0n) is 7.60. The quantitative estimate of drug-likeness (QED) is 0.854. The second-order valence-electron chi connectivity index (χ2n) is 3.09. The molecule has 0 saturated carbocycles. The molecule has 15 heavy (non-hydrogen) atoms. The van der Waals surface area contributed by atoms with E-state index in [9.17, 15) is 8.78 Å². The zero-order chi connectivity index (χ0) is 11.1. The monoisotopic (exact) mass is 235 g/mol. The Kier molecular flexibility index (Phi) is 2.44. The molecule has 2 N–H and O–H groups in total. The normalized spacial score (nSPS) is 14.4. The first-order valence-corrected chi connectivity index (χ1v) is 4.60. The molecular formula is C9H8ClF2NO2. The van der Waals surface area contributed by atoms with E-state index in [0.29, 0.717) is 5.75 Å². The van der Waals surface area contributed by atoms with E-state index in [0.717, 1.165) is 6.07 Å². The average Bonchev–Trinajstić information content (AvgIpc) is 2.63. The van der Waals surface area contributed by atoms with Gasteiger partial charge in [-0.25, -0.2) is 0 Å². The number of alkyl halides is 2. The minimum atomic E-state index is -3.15. The Hall–Kier alpha value is -1.07. The van der Waals surface area contributed by atoms with Gasteiger partial charge in [0.25, 0.3) is 5.92 Å². The Morgan fingerprint density at radius 3 is 2.53 bits per heavy atom. The largest absolute Gasteiger partial charge is 0.454 e. The molecule has 0 atom stereocenters. The van der Waals surface area contributed by atoms with Crippen LogP contribution >= 0.6 is 11.6 Å². The lowest BCUT2D eigenvalue weighted by molar-refractivity contribution is 0.00589. The highest BCUT2D eigenvalue weighted by Gasteiger charge is 2.34. The van der Waals surface area contributed by atoms with Crippen molar-refractivity contribution in [2.45, 2.75) is 5.92 Å². The summed E-state index contributed by atoms with van der Waals surface area (Å²) in [7, 11) is 0. The molecule has 1 aliphatic rings. The molecule has 6 heteroatoms. The van der Waals surface area contributed by atoms with Gasteiger partial charge in [-0.1, -0.05) is 11.6 Å². The van der Waals surface area contributed by atoms with Crippen LogP contribution in [0.4, 0.5) is 8.78 Å². The molecule has 1 aliphatic heterocycles. The van der Waals surface area contributed by atoms with Crippen molar-refractivity contribution in [3.8, 4) is 11.5 Å². The first-order chi connectivity index (χ1) is 7.04. The van der Waals surface area contributed by atoms with Gasteiger partial charge in [-0.15, -0.1) is 0 Å². The fraction of sp³-hybridized carbons (Fsp3) is 0.333. The fourth-order valence-electron chi connectivity index (χ4n) is 1.31. The number of hydrogen-bond acceptors (Lipinski definition) is 3. The molecule has 0 aromatic heterocycles. The lowest BCUT2D eigenvalue weighted by Gasteiger charge is -2.16. The number of hydrogen-bond donors (Lipinski definition) is 1. The van der Waals surface area contributed by atoms with Gasteiger partial charge in [0.05, 0.1) is 11.6 Å². The highest BCUT2D eigenvalue weighted by atomic mass is 35.5. The summed E-state index contributed by atoms with van der Waals surface area (Å²) in [5.41, 5.74) is 4.63. The van der Waals surface area contributed by atoms with Crippen molar-refractivity contribution >= 4 is 11.6 Å². The summed E-state index contributed by atoms with van der Waals surface area (Å²) in [6.07, 6.45) is 0. The van der Waals surface area contributed by atoms with Crippen LogP contribution in [0.3, 0.4) is 0 Å². The van der Waals surface area contributed by atoms with Gasteiger partial charge in [-0.3, -0.25) is 0 Å². The average molecular weight is 236 g/mol. The summed E-state index contributed by atoms with van der Waals surface area (Å²) in [6, 6.07) is 2.47. The Morgan fingerprint density at radius 1 is 1.33 bits per heavy atom. The van der Waals surface area contributed by atoms with Gasteiger partial charge in [0, 0.05) is 11.6 Å². The summed E-state index contributed by atoms with van der Waals surface area (Å²) in [6.45, 7) is -0.782. The molecule has 82 valence electrons. The van der Waals surface area contributed by atoms with Gasteiger partial charge in [-0.2, -0.15) is 8.78 Å². The maximum absolute atomic E-state index is 13.3. The number of benzene rings is 1. The van der Waals surface area contributed by atoms with Crippen molar-refractivity contribution in [2.24, 2.45) is 5.73 Å². The molecule has 3 nitrogen and oxygen atoms in total. The molecular weight excluding hydrogens is 228 g/mol. The van der Waals surface area contributed by atoms with Crippen LogP contribution in [-0.4, -0.2) is 13.3 Å². The van der Waals surface area contributed by atoms with E-state index in [-0.39, 0.29) is 23.1 Å². The van der Waals surface area contributed by atoms with Crippen LogP contribution in [0.2, 0.25) is 5.02 Å². The van der Waals surface area contributed by atoms with Crippen molar-refractivity contribution in [2.75, 3.05) is 13.3 Å². The van der Waals surface area contributed by atoms with Crippen LogP contribution in [0.5, 0.6) is 11.5 Å². The molecule has 1 aromatic carbocycles. The molecule has 0 fully saturated rings. The second-order valence-corrected chi connectivity index (χ2v) is 3.50. The van der Waals surface area contributed by atoms with Crippen LogP contribution in [-0.2, 0) is 5.92 Å². The van der Waals surface area contributed by atoms with Gasteiger partial charge >= 0.3 is 0 Å². The number of fused-ring (bicyclic) bond motifs is 1. The van der Waals surface area contributed by atoms with Gasteiger partial charge in [0.2, 0.25) is 6.79 Å². The van der Waals surface area contributed by atoms with E-state index in [4.69, 9.17) is 26.8 Å². The Bertz CT molecular complexity index is 398. The summed E-state index contributed by atoms with van der Waals surface area (Å²) in [4.78, 5) is 0. The van der Waals surface area contributed by atoms with E-state index >= 15 is 0 Å². The molecule has 2 rings (SSSR count). The SMILES string of the molecule is NCC(F)(F)c1cc2c(cc1Cl)OCO2. The lowest BCUT2D eigenvalue weighted by atomic mass is 10.1. The number of halogens is 3. The molecule has 0 spiro atoms. The third-order valence-corrected chi connectivity index (χ3v) is 2.43. The lowest BCUT2D eigenvalue weighted by Crippen LogP contribution is -2.25. The Labute approximate surface area is 89.7 Å². The zero-order valence-corrected chi connectivity index (χ0v) is 8.35. The van der Waals surface area contributed by atoms with Gasteiger partial charge in [0.15, 0.2) is 11.5 Å². The Morgan fingerprint density at radius 2 is 1.93 bits per heavy atom. The van der Waals surface area contributed by atoms with Crippen LogP contribution in [0.15, 0.2) is 12.1 Å². The van der Waals surface area contributed by atoms with Crippen LogP contribution in [0.25, 0.3) is 0 Å². The van der Waals surface area contributed by atoms with E-state index in [1.807, 2.05) is 0 Å². The van der Waals surface area contributed by atoms with E-state index < -0.39 is 12.5 Å². The molecule has 0 radical (unpaired) electrons. The molecule has 0 aliphatic carbocycles. The second kappa shape index (κ2) is 3.50. The van der Waals surface area contributed by atoms with Crippen molar-refractivity contribution in [3.05, 3.63) is 22.7 Å². The minimum Gasteiger partial charge on any atom is -0.454 e. The van der Waals surface area contributed by atoms with E-state index in [1.54, 1.807) is 0 Å². The smallest absolute Gasteiger partial charge is 0.286 e.